The lowest BCUT2D eigenvalue weighted by atomic mass is 10.1. The third-order valence-corrected chi connectivity index (χ3v) is 2.53. The highest BCUT2D eigenvalue weighted by molar-refractivity contribution is 5.59. The number of nitrogens with two attached hydrogens (primary N) is 1. The van der Waals surface area contributed by atoms with E-state index in [-0.39, 0.29) is 6.61 Å². The van der Waals surface area contributed by atoms with E-state index in [2.05, 4.69) is 18.7 Å². The molecule has 0 aliphatic heterocycles. The lowest BCUT2D eigenvalue weighted by molar-refractivity contribution is 0.289. The first-order valence-electron chi connectivity index (χ1n) is 5.41. The average molecular weight is 208 g/mol. The summed E-state index contributed by atoms with van der Waals surface area (Å²) in [4.78, 5) is 2.25. The summed E-state index contributed by atoms with van der Waals surface area (Å²) >= 11 is 0. The van der Waals surface area contributed by atoms with E-state index in [1.54, 1.807) is 0 Å². The van der Waals surface area contributed by atoms with Crippen LogP contribution >= 0.6 is 0 Å². The Morgan fingerprint density at radius 2 is 2.13 bits per heavy atom. The molecule has 0 saturated carbocycles. The molecular formula is C12H20N2O. The maximum atomic E-state index is 8.82. The minimum atomic E-state index is 0.241. The first kappa shape index (κ1) is 11.9. The summed E-state index contributed by atoms with van der Waals surface area (Å²) in [7, 11) is 0. The van der Waals surface area contributed by atoms with Gasteiger partial charge in [-0.2, -0.15) is 0 Å². The number of aliphatic hydroxyl groups is 1. The van der Waals surface area contributed by atoms with Crippen molar-refractivity contribution in [2.45, 2.75) is 20.3 Å². The number of benzene rings is 1. The highest BCUT2D eigenvalue weighted by Gasteiger charge is 2.06. The van der Waals surface area contributed by atoms with Crippen molar-refractivity contribution in [1.82, 2.24) is 0 Å². The van der Waals surface area contributed by atoms with Gasteiger partial charge in [-0.05, 0) is 44.0 Å². The van der Waals surface area contributed by atoms with Gasteiger partial charge in [0.05, 0.1) is 0 Å². The number of aryl methyl sites for hydroxylation is 1. The number of nitrogen functional groups attached to an aromatic ring is 1. The van der Waals surface area contributed by atoms with Crippen LogP contribution in [-0.4, -0.2) is 24.8 Å². The number of hydrogen-bond donors (Lipinski definition) is 2. The molecule has 0 radical (unpaired) electrons. The van der Waals surface area contributed by atoms with Crippen molar-refractivity contribution in [3.8, 4) is 0 Å². The molecule has 0 aliphatic carbocycles. The summed E-state index contributed by atoms with van der Waals surface area (Å²) in [5.74, 6) is 0. The second-order valence-electron chi connectivity index (χ2n) is 3.70. The van der Waals surface area contributed by atoms with Gasteiger partial charge in [0, 0.05) is 31.1 Å². The number of anilines is 2. The van der Waals surface area contributed by atoms with Gasteiger partial charge < -0.3 is 15.7 Å². The fourth-order valence-corrected chi connectivity index (χ4v) is 1.74. The fourth-order valence-electron chi connectivity index (χ4n) is 1.74. The molecule has 3 nitrogen and oxygen atoms in total. The van der Waals surface area contributed by atoms with Gasteiger partial charge in [-0.25, -0.2) is 0 Å². The molecule has 0 saturated heterocycles. The Bertz CT molecular complexity index is 312. The van der Waals surface area contributed by atoms with E-state index in [9.17, 15) is 0 Å². The molecule has 3 heteroatoms. The predicted molar refractivity (Wildman–Crippen MR) is 65.2 cm³/mol. The molecule has 1 aromatic rings. The van der Waals surface area contributed by atoms with Crippen LogP contribution in [0.25, 0.3) is 0 Å². The SMILES string of the molecule is CCN(CCCO)c1ccc(N)cc1C. The summed E-state index contributed by atoms with van der Waals surface area (Å²) in [6, 6.07) is 5.95. The van der Waals surface area contributed by atoms with Gasteiger partial charge in [-0.1, -0.05) is 0 Å². The van der Waals surface area contributed by atoms with Crippen molar-refractivity contribution in [1.29, 1.82) is 0 Å². The van der Waals surface area contributed by atoms with Gasteiger partial charge in [0.25, 0.3) is 0 Å². The third kappa shape index (κ3) is 3.13. The lowest BCUT2D eigenvalue weighted by Crippen LogP contribution is -2.25. The minimum absolute atomic E-state index is 0.241. The highest BCUT2D eigenvalue weighted by Crippen LogP contribution is 2.22. The van der Waals surface area contributed by atoms with E-state index in [1.807, 2.05) is 18.2 Å². The quantitative estimate of drug-likeness (QED) is 0.725. The summed E-state index contributed by atoms with van der Waals surface area (Å²) in [5.41, 5.74) is 8.91. The fraction of sp³-hybridized carbons (Fsp3) is 0.500. The molecular weight excluding hydrogens is 188 g/mol. The van der Waals surface area contributed by atoms with Crippen molar-refractivity contribution < 1.29 is 5.11 Å². The van der Waals surface area contributed by atoms with Gasteiger partial charge in [0.15, 0.2) is 0 Å². The zero-order valence-electron chi connectivity index (χ0n) is 9.53. The molecule has 3 N–H and O–H groups in total. The van der Waals surface area contributed by atoms with E-state index >= 15 is 0 Å². The van der Waals surface area contributed by atoms with Crippen LogP contribution in [0.1, 0.15) is 18.9 Å². The van der Waals surface area contributed by atoms with Crippen LogP contribution in [0.5, 0.6) is 0 Å². The topological polar surface area (TPSA) is 49.5 Å². The molecule has 0 spiro atoms. The van der Waals surface area contributed by atoms with Crippen molar-refractivity contribution >= 4 is 11.4 Å². The monoisotopic (exact) mass is 208 g/mol. The second kappa shape index (κ2) is 5.61. The molecule has 0 atom stereocenters. The van der Waals surface area contributed by atoms with Crippen LogP contribution in [0.3, 0.4) is 0 Å². The normalized spacial score (nSPS) is 10.3. The van der Waals surface area contributed by atoms with Gasteiger partial charge in [-0.15, -0.1) is 0 Å². The standard InChI is InChI=1S/C12H20N2O/c1-3-14(7-4-8-15)12-6-5-11(13)9-10(12)2/h5-6,9,15H,3-4,7-8,13H2,1-2H3. The van der Waals surface area contributed by atoms with E-state index in [1.165, 1.54) is 11.3 Å². The lowest BCUT2D eigenvalue weighted by Gasteiger charge is -2.24. The van der Waals surface area contributed by atoms with Crippen molar-refractivity contribution in [2.24, 2.45) is 0 Å². The van der Waals surface area contributed by atoms with E-state index < -0.39 is 0 Å². The van der Waals surface area contributed by atoms with E-state index in [0.29, 0.717) is 0 Å². The highest BCUT2D eigenvalue weighted by atomic mass is 16.3. The molecule has 0 bridgehead atoms. The minimum Gasteiger partial charge on any atom is -0.399 e. The summed E-state index contributed by atoms with van der Waals surface area (Å²) < 4.78 is 0. The Labute approximate surface area is 91.5 Å². The number of hydrogen-bond acceptors (Lipinski definition) is 3. The van der Waals surface area contributed by atoms with Crippen LogP contribution in [0, 0.1) is 6.92 Å². The molecule has 1 rings (SSSR count). The number of nitrogens with zero attached hydrogens (tertiary/aromatic N) is 1. The molecule has 0 aliphatic rings. The maximum Gasteiger partial charge on any atom is 0.0447 e. The summed E-state index contributed by atoms with van der Waals surface area (Å²) in [6.45, 7) is 6.26. The van der Waals surface area contributed by atoms with Gasteiger partial charge in [0.1, 0.15) is 0 Å². The Balaban J connectivity index is 2.81. The van der Waals surface area contributed by atoms with Gasteiger partial charge in [-0.3, -0.25) is 0 Å². The Morgan fingerprint density at radius 1 is 1.40 bits per heavy atom. The Morgan fingerprint density at radius 3 is 2.67 bits per heavy atom. The molecule has 0 aromatic heterocycles. The zero-order chi connectivity index (χ0) is 11.3. The summed E-state index contributed by atoms with van der Waals surface area (Å²) in [6.07, 6.45) is 0.803. The maximum absolute atomic E-state index is 8.82. The van der Waals surface area contributed by atoms with E-state index in [0.717, 1.165) is 25.2 Å². The van der Waals surface area contributed by atoms with Crippen LogP contribution in [0.15, 0.2) is 18.2 Å². The molecule has 1 aromatic carbocycles. The van der Waals surface area contributed by atoms with E-state index in [4.69, 9.17) is 10.8 Å². The Kier molecular flexibility index (Phi) is 4.43. The first-order valence-corrected chi connectivity index (χ1v) is 5.41. The molecule has 0 amide bonds. The zero-order valence-corrected chi connectivity index (χ0v) is 9.53. The predicted octanol–water partition coefficient (Wildman–Crippen LogP) is 1.79. The first-order chi connectivity index (χ1) is 7.19. The van der Waals surface area contributed by atoms with Gasteiger partial charge >= 0.3 is 0 Å². The summed E-state index contributed by atoms with van der Waals surface area (Å²) in [5, 5.41) is 8.82. The van der Waals surface area contributed by atoms with Crippen LogP contribution in [-0.2, 0) is 0 Å². The molecule has 84 valence electrons. The van der Waals surface area contributed by atoms with Crippen molar-refractivity contribution in [2.75, 3.05) is 30.3 Å². The molecule has 0 unspecified atom stereocenters. The largest absolute Gasteiger partial charge is 0.399 e. The molecule has 15 heavy (non-hydrogen) atoms. The molecule has 0 heterocycles. The second-order valence-corrected chi connectivity index (χ2v) is 3.70. The number of aliphatic hydroxyl groups excluding tert-OH is 1. The molecule has 0 fully saturated rings. The van der Waals surface area contributed by atoms with Gasteiger partial charge in [0.2, 0.25) is 0 Å². The van der Waals surface area contributed by atoms with Crippen LogP contribution in [0.4, 0.5) is 11.4 Å². The smallest absolute Gasteiger partial charge is 0.0447 e. The van der Waals surface area contributed by atoms with Crippen molar-refractivity contribution in [3.05, 3.63) is 23.8 Å². The average Bonchev–Trinajstić information content (AvgIpc) is 2.21. The number of rotatable bonds is 5. The Hall–Kier alpha value is -1.22. The van der Waals surface area contributed by atoms with Crippen LogP contribution < -0.4 is 10.6 Å². The van der Waals surface area contributed by atoms with Crippen LogP contribution in [0.2, 0.25) is 0 Å². The third-order valence-electron chi connectivity index (χ3n) is 2.53. The van der Waals surface area contributed by atoms with Crippen molar-refractivity contribution in [3.63, 3.8) is 0 Å².